The maximum Gasteiger partial charge on any atom is 0.273 e. The van der Waals surface area contributed by atoms with Gasteiger partial charge in [-0.25, -0.2) is 4.98 Å². The Labute approximate surface area is 112 Å². The molecule has 1 saturated carbocycles. The zero-order valence-corrected chi connectivity index (χ0v) is 11.0. The first kappa shape index (κ1) is 14.0. The lowest BCUT2D eigenvalue weighted by Gasteiger charge is -2.21. The molecule has 2 rings (SSSR count). The molecule has 0 saturated heterocycles. The summed E-state index contributed by atoms with van der Waals surface area (Å²) in [6, 6.07) is -0.681. The van der Waals surface area contributed by atoms with Crippen LogP contribution in [0.2, 0.25) is 0 Å². The van der Waals surface area contributed by atoms with Crippen molar-refractivity contribution in [2.24, 2.45) is 11.7 Å². The van der Waals surface area contributed by atoms with Gasteiger partial charge in [0, 0.05) is 6.54 Å². The minimum atomic E-state index is -0.681. The van der Waals surface area contributed by atoms with Crippen molar-refractivity contribution in [2.75, 3.05) is 13.2 Å². The van der Waals surface area contributed by atoms with Gasteiger partial charge >= 0.3 is 0 Å². The Morgan fingerprint density at radius 1 is 1.53 bits per heavy atom. The van der Waals surface area contributed by atoms with Gasteiger partial charge in [-0.2, -0.15) is 0 Å². The third kappa shape index (κ3) is 3.78. The molecule has 4 N–H and O–H groups in total. The summed E-state index contributed by atoms with van der Waals surface area (Å²) >= 11 is 0. The third-order valence-corrected chi connectivity index (χ3v) is 3.54. The van der Waals surface area contributed by atoms with Crippen molar-refractivity contribution in [1.29, 1.82) is 0 Å². The van der Waals surface area contributed by atoms with Gasteiger partial charge in [0.15, 0.2) is 5.69 Å². The van der Waals surface area contributed by atoms with Crippen LogP contribution in [-0.4, -0.2) is 29.1 Å². The SMILES string of the molecule is NC(CO)c1nc(C(=O)NCC2CCCCC2)co1. The summed E-state index contributed by atoms with van der Waals surface area (Å²) in [6.45, 7) is 0.427. The second kappa shape index (κ2) is 6.68. The molecule has 1 aliphatic rings. The first-order chi connectivity index (χ1) is 9.20. The van der Waals surface area contributed by atoms with Crippen molar-refractivity contribution in [2.45, 2.75) is 38.1 Å². The predicted molar refractivity (Wildman–Crippen MR) is 69.4 cm³/mol. The van der Waals surface area contributed by atoms with E-state index >= 15 is 0 Å². The van der Waals surface area contributed by atoms with Crippen molar-refractivity contribution < 1.29 is 14.3 Å². The fourth-order valence-electron chi connectivity index (χ4n) is 2.36. The molecule has 1 aromatic heterocycles. The normalized spacial score (nSPS) is 18.2. The molecule has 0 spiro atoms. The van der Waals surface area contributed by atoms with Crippen molar-refractivity contribution in [3.8, 4) is 0 Å². The van der Waals surface area contributed by atoms with Crippen LogP contribution < -0.4 is 11.1 Å². The molecule has 106 valence electrons. The molecule has 6 heteroatoms. The molecule has 0 bridgehead atoms. The van der Waals surface area contributed by atoms with Crippen LogP contribution >= 0.6 is 0 Å². The number of carbonyl (C=O) groups is 1. The standard InChI is InChI=1S/C13H21N3O3/c14-10(7-17)13-16-11(8-19-13)12(18)15-6-9-4-2-1-3-5-9/h8-10,17H,1-7,14H2,(H,15,18). The van der Waals surface area contributed by atoms with E-state index in [4.69, 9.17) is 15.3 Å². The average molecular weight is 267 g/mol. The smallest absolute Gasteiger partial charge is 0.273 e. The van der Waals surface area contributed by atoms with E-state index in [1.54, 1.807) is 0 Å². The fourth-order valence-corrected chi connectivity index (χ4v) is 2.36. The fraction of sp³-hybridized carbons (Fsp3) is 0.692. The number of aliphatic hydroxyl groups is 1. The van der Waals surface area contributed by atoms with Crippen LogP contribution in [0, 0.1) is 5.92 Å². The Bertz CT molecular complexity index is 413. The molecule has 1 aromatic rings. The average Bonchev–Trinajstić information content (AvgIpc) is 2.95. The van der Waals surface area contributed by atoms with E-state index < -0.39 is 6.04 Å². The molecule has 1 unspecified atom stereocenters. The van der Waals surface area contributed by atoms with E-state index in [0.717, 1.165) is 0 Å². The second-order valence-electron chi connectivity index (χ2n) is 5.07. The molecule has 1 amide bonds. The number of aromatic nitrogens is 1. The quantitative estimate of drug-likeness (QED) is 0.738. The van der Waals surface area contributed by atoms with Crippen LogP contribution in [0.5, 0.6) is 0 Å². The molecule has 0 aliphatic heterocycles. The van der Waals surface area contributed by atoms with E-state index in [-0.39, 0.29) is 24.1 Å². The highest BCUT2D eigenvalue weighted by atomic mass is 16.3. The molecule has 0 radical (unpaired) electrons. The molecular weight excluding hydrogens is 246 g/mol. The van der Waals surface area contributed by atoms with Crippen molar-refractivity contribution in [1.82, 2.24) is 10.3 Å². The Hall–Kier alpha value is -1.40. The zero-order chi connectivity index (χ0) is 13.7. The summed E-state index contributed by atoms with van der Waals surface area (Å²) in [6.07, 6.45) is 7.44. The molecule has 1 heterocycles. The molecule has 19 heavy (non-hydrogen) atoms. The van der Waals surface area contributed by atoms with Crippen LogP contribution in [0.25, 0.3) is 0 Å². The van der Waals surface area contributed by atoms with E-state index in [2.05, 4.69) is 10.3 Å². The Morgan fingerprint density at radius 3 is 2.95 bits per heavy atom. The minimum absolute atomic E-state index is 0.185. The van der Waals surface area contributed by atoms with E-state index in [1.165, 1.54) is 38.4 Å². The van der Waals surface area contributed by atoms with Crippen LogP contribution in [0.3, 0.4) is 0 Å². The summed E-state index contributed by atoms with van der Waals surface area (Å²) < 4.78 is 5.07. The monoisotopic (exact) mass is 267 g/mol. The first-order valence-electron chi connectivity index (χ1n) is 6.80. The van der Waals surface area contributed by atoms with Gasteiger partial charge in [0.25, 0.3) is 5.91 Å². The summed E-state index contributed by atoms with van der Waals surface area (Å²) in [5, 5.41) is 11.8. The summed E-state index contributed by atoms with van der Waals surface area (Å²) in [7, 11) is 0. The number of hydrogen-bond acceptors (Lipinski definition) is 5. The van der Waals surface area contributed by atoms with Gasteiger partial charge in [-0.3, -0.25) is 4.79 Å². The van der Waals surface area contributed by atoms with Crippen LogP contribution in [0.15, 0.2) is 10.7 Å². The van der Waals surface area contributed by atoms with Gasteiger partial charge in [-0.1, -0.05) is 19.3 Å². The van der Waals surface area contributed by atoms with Gasteiger partial charge in [0.1, 0.15) is 12.3 Å². The summed E-state index contributed by atoms with van der Waals surface area (Å²) in [5.41, 5.74) is 5.78. The van der Waals surface area contributed by atoms with Gasteiger partial charge in [0.2, 0.25) is 5.89 Å². The van der Waals surface area contributed by atoms with Gasteiger partial charge in [0.05, 0.1) is 6.61 Å². The molecular formula is C13H21N3O3. The number of oxazole rings is 1. The lowest BCUT2D eigenvalue weighted by molar-refractivity contribution is 0.0938. The topological polar surface area (TPSA) is 101 Å². The lowest BCUT2D eigenvalue weighted by atomic mass is 9.89. The summed E-state index contributed by atoms with van der Waals surface area (Å²) in [4.78, 5) is 15.9. The van der Waals surface area contributed by atoms with E-state index in [1.807, 2.05) is 0 Å². The zero-order valence-electron chi connectivity index (χ0n) is 11.0. The molecule has 1 aliphatic carbocycles. The van der Waals surface area contributed by atoms with Gasteiger partial charge < -0.3 is 20.6 Å². The van der Waals surface area contributed by atoms with E-state index in [0.29, 0.717) is 12.5 Å². The number of amides is 1. The molecule has 0 aromatic carbocycles. The lowest BCUT2D eigenvalue weighted by Crippen LogP contribution is -2.30. The largest absolute Gasteiger partial charge is 0.446 e. The van der Waals surface area contributed by atoms with E-state index in [9.17, 15) is 4.79 Å². The molecule has 6 nitrogen and oxygen atoms in total. The number of carbonyl (C=O) groups excluding carboxylic acids is 1. The highest BCUT2D eigenvalue weighted by molar-refractivity contribution is 5.91. The maximum absolute atomic E-state index is 11.9. The minimum Gasteiger partial charge on any atom is -0.446 e. The predicted octanol–water partition coefficient (Wildman–Crippen LogP) is 0.977. The molecule has 1 fully saturated rings. The molecule has 1 atom stereocenters. The number of aliphatic hydroxyl groups excluding tert-OH is 1. The number of nitrogens with one attached hydrogen (secondary N) is 1. The van der Waals surface area contributed by atoms with Crippen LogP contribution in [0.1, 0.15) is 54.5 Å². The van der Waals surface area contributed by atoms with Crippen LogP contribution in [-0.2, 0) is 0 Å². The van der Waals surface area contributed by atoms with Crippen molar-refractivity contribution in [3.05, 3.63) is 17.8 Å². The first-order valence-corrected chi connectivity index (χ1v) is 6.80. The Balaban J connectivity index is 1.83. The third-order valence-electron chi connectivity index (χ3n) is 3.54. The van der Waals surface area contributed by atoms with Gasteiger partial charge in [-0.05, 0) is 18.8 Å². The Kier molecular flexibility index (Phi) is 4.93. The number of nitrogens with two attached hydrogens (primary N) is 1. The number of nitrogens with zero attached hydrogens (tertiary/aromatic N) is 1. The van der Waals surface area contributed by atoms with Crippen molar-refractivity contribution >= 4 is 5.91 Å². The Morgan fingerprint density at radius 2 is 2.26 bits per heavy atom. The maximum atomic E-state index is 11.9. The van der Waals surface area contributed by atoms with Crippen LogP contribution in [0.4, 0.5) is 0 Å². The second-order valence-corrected chi connectivity index (χ2v) is 5.07. The highest BCUT2D eigenvalue weighted by Gasteiger charge is 2.18. The highest BCUT2D eigenvalue weighted by Crippen LogP contribution is 2.22. The summed E-state index contributed by atoms with van der Waals surface area (Å²) in [5.74, 6) is 0.514. The number of rotatable bonds is 5. The number of hydrogen-bond donors (Lipinski definition) is 3. The van der Waals surface area contributed by atoms with Crippen molar-refractivity contribution in [3.63, 3.8) is 0 Å². The van der Waals surface area contributed by atoms with Gasteiger partial charge in [-0.15, -0.1) is 0 Å².